The van der Waals surface area contributed by atoms with Crippen molar-refractivity contribution in [1.29, 1.82) is 0 Å². The number of imidazole rings is 1. The molecule has 18 heavy (non-hydrogen) atoms. The Bertz CT molecular complexity index is 621. The van der Waals surface area contributed by atoms with E-state index in [2.05, 4.69) is 57.6 Å². The number of aryl methyl sites for hydroxylation is 1. The van der Waals surface area contributed by atoms with Gasteiger partial charge in [-0.05, 0) is 40.4 Å². The molecule has 0 atom stereocenters. The van der Waals surface area contributed by atoms with Gasteiger partial charge in [-0.25, -0.2) is 4.98 Å². The third kappa shape index (κ3) is 2.22. The molecule has 0 radical (unpaired) electrons. The van der Waals surface area contributed by atoms with Gasteiger partial charge in [-0.2, -0.15) is 11.3 Å². The van der Waals surface area contributed by atoms with Gasteiger partial charge >= 0.3 is 0 Å². The molecule has 3 rings (SSSR count). The molecule has 0 N–H and O–H groups in total. The summed E-state index contributed by atoms with van der Waals surface area (Å²) in [5.41, 5.74) is 5.07. The molecule has 0 saturated heterocycles. The molecule has 0 aliphatic heterocycles. The van der Waals surface area contributed by atoms with E-state index in [0.717, 1.165) is 6.54 Å². The van der Waals surface area contributed by atoms with Crippen LogP contribution >= 0.6 is 11.3 Å². The average Bonchev–Trinajstić information content (AvgIpc) is 3.03. The zero-order chi connectivity index (χ0) is 12.4. The molecule has 0 saturated carbocycles. The molecule has 0 amide bonds. The van der Waals surface area contributed by atoms with Gasteiger partial charge in [0.15, 0.2) is 0 Å². The van der Waals surface area contributed by atoms with E-state index in [1.807, 2.05) is 12.5 Å². The first-order valence-corrected chi connectivity index (χ1v) is 6.85. The van der Waals surface area contributed by atoms with E-state index in [9.17, 15) is 0 Å². The summed E-state index contributed by atoms with van der Waals surface area (Å²) < 4.78 is 2.15. The van der Waals surface area contributed by atoms with Gasteiger partial charge in [-0.1, -0.05) is 24.3 Å². The third-order valence-electron chi connectivity index (χ3n) is 3.08. The molecule has 0 spiro atoms. The van der Waals surface area contributed by atoms with Crippen molar-refractivity contribution >= 4 is 11.3 Å². The number of hydrogen-bond acceptors (Lipinski definition) is 2. The molecule has 1 aromatic carbocycles. The quantitative estimate of drug-likeness (QED) is 0.691. The summed E-state index contributed by atoms with van der Waals surface area (Å²) in [7, 11) is 0. The van der Waals surface area contributed by atoms with Crippen molar-refractivity contribution in [1.82, 2.24) is 9.55 Å². The smallest absolute Gasteiger partial charge is 0.0951 e. The Morgan fingerprint density at radius 3 is 2.56 bits per heavy atom. The largest absolute Gasteiger partial charge is 0.330 e. The van der Waals surface area contributed by atoms with Gasteiger partial charge in [0.2, 0.25) is 0 Å². The van der Waals surface area contributed by atoms with Crippen molar-refractivity contribution in [3.05, 3.63) is 64.9 Å². The summed E-state index contributed by atoms with van der Waals surface area (Å²) >= 11 is 1.73. The van der Waals surface area contributed by atoms with Gasteiger partial charge in [0.25, 0.3) is 0 Å². The fourth-order valence-electron chi connectivity index (χ4n) is 1.98. The highest BCUT2D eigenvalue weighted by Gasteiger charge is 2.00. The zero-order valence-corrected chi connectivity index (χ0v) is 11.0. The summed E-state index contributed by atoms with van der Waals surface area (Å²) in [5.74, 6) is 0. The summed E-state index contributed by atoms with van der Waals surface area (Å²) in [5, 5.41) is 4.28. The number of nitrogens with zero attached hydrogens (tertiary/aromatic N) is 2. The van der Waals surface area contributed by atoms with E-state index in [-0.39, 0.29) is 0 Å². The molecule has 2 aromatic heterocycles. The van der Waals surface area contributed by atoms with Gasteiger partial charge in [0.1, 0.15) is 0 Å². The van der Waals surface area contributed by atoms with Crippen LogP contribution in [0, 0.1) is 6.92 Å². The standard InChI is InChI=1S/C15H14N2S/c1-12-8-16-11-17(12)9-13-2-4-14(5-3-13)15-6-7-18-10-15/h2-8,10-11H,9H2,1H3. The lowest BCUT2D eigenvalue weighted by Gasteiger charge is -2.06. The van der Waals surface area contributed by atoms with Gasteiger partial charge in [-0.15, -0.1) is 0 Å². The predicted molar refractivity (Wildman–Crippen MR) is 75.8 cm³/mol. The first-order chi connectivity index (χ1) is 8.83. The van der Waals surface area contributed by atoms with Gasteiger partial charge in [0, 0.05) is 18.4 Å². The Morgan fingerprint density at radius 1 is 1.11 bits per heavy atom. The van der Waals surface area contributed by atoms with Crippen LogP contribution in [-0.2, 0) is 6.54 Å². The second-order valence-corrected chi connectivity index (χ2v) is 5.15. The number of hydrogen-bond donors (Lipinski definition) is 0. The summed E-state index contributed by atoms with van der Waals surface area (Å²) in [6, 6.07) is 10.9. The van der Waals surface area contributed by atoms with Crippen LogP contribution in [0.2, 0.25) is 0 Å². The topological polar surface area (TPSA) is 17.8 Å². The molecule has 3 aromatic rings. The number of rotatable bonds is 3. The van der Waals surface area contributed by atoms with Crippen molar-refractivity contribution in [2.75, 3.05) is 0 Å². The van der Waals surface area contributed by atoms with Crippen LogP contribution in [0.15, 0.2) is 53.6 Å². The summed E-state index contributed by atoms with van der Waals surface area (Å²) in [4.78, 5) is 4.14. The Hall–Kier alpha value is -1.87. The van der Waals surface area contributed by atoms with Crippen LogP contribution in [0.5, 0.6) is 0 Å². The fourth-order valence-corrected chi connectivity index (χ4v) is 2.65. The van der Waals surface area contributed by atoms with E-state index in [4.69, 9.17) is 0 Å². The molecule has 0 fully saturated rings. The Kier molecular flexibility index (Phi) is 2.99. The minimum absolute atomic E-state index is 0.885. The SMILES string of the molecule is Cc1cncn1Cc1ccc(-c2ccsc2)cc1. The van der Waals surface area contributed by atoms with Gasteiger partial charge in [0.05, 0.1) is 6.33 Å². The number of benzene rings is 1. The van der Waals surface area contributed by atoms with Crippen molar-refractivity contribution in [3.63, 3.8) is 0 Å². The highest BCUT2D eigenvalue weighted by molar-refractivity contribution is 7.08. The van der Waals surface area contributed by atoms with E-state index < -0.39 is 0 Å². The number of thiophene rings is 1. The molecule has 0 aliphatic rings. The Labute approximate surface area is 111 Å². The molecule has 2 nitrogen and oxygen atoms in total. The highest BCUT2D eigenvalue weighted by Crippen LogP contribution is 2.22. The minimum Gasteiger partial charge on any atom is -0.330 e. The van der Waals surface area contributed by atoms with Crippen LogP contribution in [0.25, 0.3) is 11.1 Å². The lowest BCUT2D eigenvalue weighted by molar-refractivity contribution is 0.770. The monoisotopic (exact) mass is 254 g/mol. The van der Waals surface area contributed by atoms with Crippen LogP contribution in [0.4, 0.5) is 0 Å². The molecule has 0 aliphatic carbocycles. The maximum Gasteiger partial charge on any atom is 0.0951 e. The molecule has 90 valence electrons. The van der Waals surface area contributed by atoms with Crippen molar-refractivity contribution in [2.24, 2.45) is 0 Å². The summed E-state index contributed by atoms with van der Waals surface area (Å²) in [6.07, 6.45) is 3.77. The lowest BCUT2D eigenvalue weighted by atomic mass is 10.1. The van der Waals surface area contributed by atoms with Crippen LogP contribution in [0.1, 0.15) is 11.3 Å². The maximum atomic E-state index is 4.14. The molecular weight excluding hydrogens is 240 g/mol. The average molecular weight is 254 g/mol. The Morgan fingerprint density at radius 2 is 1.94 bits per heavy atom. The lowest BCUT2D eigenvalue weighted by Crippen LogP contribution is -1.99. The van der Waals surface area contributed by atoms with E-state index in [0.29, 0.717) is 0 Å². The second kappa shape index (κ2) is 4.78. The predicted octanol–water partition coefficient (Wildman–Crippen LogP) is 3.97. The second-order valence-electron chi connectivity index (χ2n) is 4.37. The van der Waals surface area contributed by atoms with Crippen molar-refractivity contribution < 1.29 is 0 Å². The first-order valence-electron chi connectivity index (χ1n) is 5.91. The van der Waals surface area contributed by atoms with Crippen molar-refractivity contribution in [2.45, 2.75) is 13.5 Å². The zero-order valence-electron chi connectivity index (χ0n) is 10.2. The van der Waals surface area contributed by atoms with Crippen LogP contribution < -0.4 is 0 Å². The van der Waals surface area contributed by atoms with E-state index >= 15 is 0 Å². The third-order valence-corrected chi connectivity index (χ3v) is 3.77. The molecular formula is C15H14N2S. The number of aromatic nitrogens is 2. The first kappa shape index (κ1) is 11.2. The van der Waals surface area contributed by atoms with Crippen LogP contribution in [0.3, 0.4) is 0 Å². The minimum atomic E-state index is 0.885. The van der Waals surface area contributed by atoms with E-state index in [1.54, 1.807) is 11.3 Å². The molecule has 2 heterocycles. The fraction of sp³-hybridized carbons (Fsp3) is 0.133. The molecule has 3 heteroatoms. The van der Waals surface area contributed by atoms with Crippen LogP contribution in [-0.4, -0.2) is 9.55 Å². The van der Waals surface area contributed by atoms with Gasteiger partial charge < -0.3 is 4.57 Å². The summed E-state index contributed by atoms with van der Waals surface area (Å²) in [6.45, 7) is 2.96. The normalized spacial score (nSPS) is 10.7. The maximum absolute atomic E-state index is 4.14. The Balaban J connectivity index is 1.81. The highest BCUT2D eigenvalue weighted by atomic mass is 32.1. The molecule has 0 bridgehead atoms. The molecule has 0 unspecified atom stereocenters. The van der Waals surface area contributed by atoms with Gasteiger partial charge in [-0.3, -0.25) is 0 Å². The van der Waals surface area contributed by atoms with E-state index in [1.165, 1.54) is 22.4 Å². The van der Waals surface area contributed by atoms with Crippen molar-refractivity contribution in [3.8, 4) is 11.1 Å².